The number of H-pyrrole nitrogens is 1. The Morgan fingerprint density at radius 1 is 1.41 bits per heavy atom. The molecule has 0 radical (unpaired) electrons. The first-order chi connectivity index (χ1) is 8.16. The van der Waals surface area contributed by atoms with Gasteiger partial charge in [-0.15, -0.1) is 0 Å². The topological polar surface area (TPSA) is 40.7 Å². The van der Waals surface area contributed by atoms with Gasteiger partial charge in [-0.3, -0.25) is 5.10 Å². The quantitative estimate of drug-likeness (QED) is 0.874. The van der Waals surface area contributed by atoms with Crippen molar-refractivity contribution in [2.45, 2.75) is 26.4 Å². The third-order valence-corrected chi connectivity index (χ3v) is 2.77. The smallest absolute Gasteiger partial charge is 0.0695 e. The molecule has 1 aromatic heterocycles. The molecule has 17 heavy (non-hydrogen) atoms. The van der Waals surface area contributed by atoms with Crippen LogP contribution in [0.2, 0.25) is 5.02 Å². The third-order valence-electron chi connectivity index (χ3n) is 2.53. The minimum atomic E-state index is 0.456. The van der Waals surface area contributed by atoms with E-state index in [1.165, 1.54) is 0 Å². The summed E-state index contributed by atoms with van der Waals surface area (Å²) in [4.78, 5) is 0. The zero-order valence-corrected chi connectivity index (χ0v) is 10.8. The molecule has 0 saturated carbocycles. The maximum atomic E-state index is 5.99. The summed E-state index contributed by atoms with van der Waals surface area (Å²) in [6.07, 6.45) is 1.85. The molecule has 0 aliphatic rings. The predicted octanol–water partition coefficient (Wildman–Crippen LogP) is 3.23. The first-order valence-corrected chi connectivity index (χ1v) is 6.06. The minimum absolute atomic E-state index is 0.456. The Bertz CT molecular complexity index is 491. The average molecular weight is 250 g/mol. The molecule has 0 fully saturated rings. The van der Waals surface area contributed by atoms with Crippen LogP contribution in [0.3, 0.4) is 0 Å². The summed E-state index contributed by atoms with van der Waals surface area (Å²) >= 11 is 5.99. The van der Waals surface area contributed by atoms with Gasteiger partial charge < -0.3 is 5.32 Å². The molecule has 4 heteroatoms. The summed E-state index contributed by atoms with van der Waals surface area (Å²) in [5.41, 5.74) is 3.25. The Morgan fingerprint density at radius 3 is 2.94 bits per heavy atom. The predicted molar refractivity (Wildman–Crippen MR) is 71.0 cm³/mol. The Balaban J connectivity index is 2.24. The summed E-state index contributed by atoms with van der Waals surface area (Å²) in [5, 5.41) is 11.2. The van der Waals surface area contributed by atoms with E-state index >= 15 is 0 Å². The molecule has 90 valence electrons. The van der Waals surface area contributed by atoms with Crippen LogP contribution in [0.1, 0.15) is 19.4 Å². The molecule has 3 nitrogen and oxygen atoms in total. The van der Waals surface area contributed by atoms with Crippen molar-refractivity contribution in [2.24, 2.45) is 0 Å². The van der Waals surface area contributed by atoms with Crippen molar-refractivity contribution in [1.29, 1.82) is 0 Å². The van der Waals surface area contributed by atoms with Crippen LogP contribution in [0.15, 0.2) is 30.5 Å². The van der Waals surface area contributed by atoms with Crippen molar-refractivity contribution in [2.75, 3.05) is 0 Å². The van der Waals surface area contributed by atoms with Gasteiger partial charge in [-0.1, -0.05) is 37.6 Å². The van der Waals surface area contributed by atoms with Crippen molar-refractivity contribution in [3.8, 4) is 11.3 Å². The Hall–Kier alpha value is -1.32. The molecule has 1 aromatic carbocycles. The van der Waals surface area contributed by atoms with Crippen LogP contribution in [-0.2, 0) is 6.54 Å². The number of aromatic amines is 1. The van der Waals surface area contributed by atoms with Gasteiger partial charge >= 0.3 is 0 Å². The summed E-state index contributed by atoms with van der Waals surface area (Å²) in [6, 6.07) is 8.23. The first kappa shape index (κ1) is 12.1. The van der Waals surface area contributed by atoms with E-state index < -0.39 is 0 Å². The number of nitrogens with zero attached hydrogens (tertiary/aromatic N) is 1. The van der Waals surface area contributed by atoms with Crippen molar-refractivity contribution < 1.29 is 0 Å². The standard InChI is InChI=1S/C13H16ClN3/c1-9(2)15-7-11-8-16-17-13(11)10-4-3-5-12(14)6-10/h3-6,8-9,15H,7H2,1-2H3,(H,16,17). The lowest BCUT2D eigenvalue weighted by Crippen LogP contribution is -2.21. The largest absolute Gasteiger partial charge is 0.310 e. The number of halogens is 1. The van der Waals surface area contributed by atoms with Crippen molar-refractivity contribution in [1.82, 2.24) is 15.5 Å². The van der Waals surface area contributed by atoms with Gasteiger partial charge in [0, 0.05) is 28.7 Å². The van der Waals surface area contributed by atoms with Crippen LogP contribution in [0.5, 0.6) is 0 Å². The van der Waals surface area contributed by atoms with Gasteiger partial charge in [0.25, 0.3) is 0 Å². The number of hydrogen-bond donors (Lipinski definition) is 2. The molecule has 0 amide bonds. The minimum Gasteiger partial charge on any atom is -0.310 e. The number of nitrogens with one attached hydrogen (secondary N) is 2. The van der Waals surface area contributed by atoms with E-state index in [0.717, 1.165) is 28.4 Å². The molecule has 0 saturated heterocycles. The zero-order valence-electron chi connectivity index (χ0n) is 10.00. The summed E-state index contributed by atoms with van der Waals surface area (Å²) in [7, 11) is 0. The van der Waals surface area contributed by atoms with E-state index in [1.54, 1.807) is 0 Å². The SMILES string of the molecule is CC(C)NCc1cn[nH]c1-c1cccc(Cl)c1. The van der Waals surface area contributed by atoms with Crippen LogP contribution >= 0.6 is 11.6 Å². The second-order valence-electron chi connectivity index (χ2n) is 4.32. The summed E-state index contributed by atoms with van der Waals surface area (Å²) < 4.78 is 0. The number of aromatic nitrogens is 2. The maximum Gasteiger partial charge on any atom is 0.0695 e. The lowest BCUT2D eigenvalue weighted by molar-refractivity contribution is 0.589. The fourth-order valence-electron chi connectivity index (χ4n) is 1.65. The van der Waals surface area contributed by atoms with E-state index in [1.807, 2.05) is 30.5 Å². The van der Waals surface area contributed by atoms with E-state index in [9.17, 15) is 0 Å². The van der Waals surface area contributed by atoms with Crippen molar-refractivity contribution >= 4 is 11.6 Å². The molecule has 0 aliphatic carbocycles. The number of hydrogen-bond acceptors (Lipinski definition) is 2. The molecule has 0 bridgehead atoms. The highest BCUT2D eigenvalue weighted by molar-refractivity contribution is 6.30. The monoisotopic (exact) mass is 249 g/mol. The van der Waals surface area contributed by atoms with Crippen molar-refractivity contribution in [3.63, 3.8) is 0 Å². The molecule has 0 unspecified atom stereocenters. The molecule has 1 heterocycles. The van der Waals surface area contributed by atoms with Crippen molar-refractivity contribution in [3.05, 3.63) is 41.0 Å². The summed E-state index contributed by atoms with van der Waals surface area (Å²) in [5.74, 6) is 0. The fraction of sp³-hybridized carbons (Fsp3) is 0.308. The highest BCUT2D eigenvalue weighted by Gasteiger charge is 2.08. The molecular weight excluding hydrogens is 234 g/mol. The normalized spacial score (nSPS) is 11.1. The molecule has 0 atom stereocenters. The Kier molecular flexibility index (Phi) is 3.82. The molecule has 0 aliphatic heterocycles. The van der Waals surface area contributed by atoms with Gasteiger partial charge in [-0.2, -0.15) is 5.10 Å². The molecular formula is C13H16ClN3. The van der Waals surface area contributed by atoms with Crippen LogP contribution in [0.25, 0.3) is 11.3 Å². The summed E-state index contributed by atoms with van der Waals surface area (Å²) in [6.45, 7) is 5.05. The number of benzene rings is 1. The Labute approximate surface area is 106 Å². The first-order valence-electron chi connectivity index (χ1n) is 5.68. The maximum absolute atomic E-state index is 5.99. The van der Waals surface area contributed by atoms with E-state index in [2.05, 4.69) is 29.4 Å². The molecule has 2 aromatic rings. The van der Waals surface area contributed by atoms with Crippen LogP contribution < -0.4 is 5.32 Å². The van der Waals surface area contributed by atoms with Gasteiger partial charge in [0.1, 0.15) is 0 Å². The Morgan fingerprint density at radius 2 is 2.24 bits per heavy atom. The van der Waals surface area contributed by atoms with Gasteiger partial charge in [-0.25, -0.2) is 0 Å². The molecule has 2 N–H and O–H groups in total. The van der Waals surface area contributed by atoms with E-state index in [0.29, 0.717) is 6.04 Å². The van der Waals surface area contributed by atoms with Crippen LogP contribution in [0, 0.1) is 0 Å². The van der Waals surface area contributed by atoms with Gasteiger partial charge in [0.15, 0.2) is 0 Å². The highest BCUT2D eigenvalue weighted by atomic mass is 35.5. The lowest BCUT2D eigenvalue weighted by atomic mass is 10.1. The van der Waals surface area contributed by atoms with Gasteiger partial charge in [-0.05, 0) is 12.1 Å². The van der Waals surface area contributed by atoms with E-state index in [4.69, 9.17) is 11.6 Å². The van der Waals surface area contributed by atoms with Gasteiger partial charge in [0.05, 0.1) is 11.9 Å². The van der Waals surface area contributed by atoms with Gasteiger partial charge in [0.2, 0.25) is 0 Å². The molecule has 2 rings (SSSR count). The number of rotatable bonds is 4. The molecule has 0 spiro atoms. The average Bonchev–Trinajstić information content (AvgIpc) is 2.74. The highest BCUT2D eigenvalue weighted by Crippen LogP contribution is 2.23. The van der Waals surface area contributed by atoms with Crippen LogP contribution in [-0.4, -0.2) is 16.2 Å². The van der Waals surface area contributed by atoms with E-state index in [-0.39, 0.29) is 0 Å². The third kappa shape index (κ3) is 3.08. The fourth-order valence-corrected chi connectivity index (χ4v) is 1.84. The second-order valence-corrected chi connectivity index (χ2v) is 4.75. The van der Waals surface area contributed by atoms with Crippen LogP contribution in [0.4, 0.5) is 0 Å². The second kappa shape index (κ2) is 5.34. The lowest BCUT2D eigenvalue weighted by Gasteiger charge is -2.08. The zero-order chi connectivity index (χ0) is 12.3.